The second-order valence-electron chi connectivity index (χ2n) is 6.73. The molecule has 2 nitrogen and oxygen atoms in total. The van der Waals surface area contributed by atoms with Gasteiger partial charge in [-0.15, -0.1) is 12.4 Å². The molecule has 1 fully saturated rings. The third-order valence-electron chi connectivity index (χ3n) is 4.04. The number of hydrogen-bond acceptors (Lipinski definition) is 2. The van der Waals surface area contributed by atoms with Gasteiger partial charge in [0.15, 0.2) is 0 Å². The molecule has 2 rings (SSSR count). The number of piperidine rings is 1. The predicted molar refractivity (Wildman–Crippen MR) is 93.1 cm³/mol. The Morgan fingerprint density at radius 1 is 1.24 bits per heavy atom. The Labute approximate surface area is 140 Å². The van der Waals surface area contributed by atoms with Crippen LogP contribution in [0.2, 0.25) is 5.02 Å². The average Bonchev–Trinajstić information content (AvgIpc) is 2.40. The van der Waals surface area contributed by atoms with Gasteiger partial charge in [0, 0.05) is 0 Å². The van der Waals surface area contributed by atoms with E-state index in [-0.39, 0.29) is 17.8 Å². The molecule has 0 unspecified atom stereocenters. The quantitative estimate of drug-likeness (QED) is 0.853. The van der Waals surface area contributed by atoms with Gasteiger partial charge in [-0.1, -0.05) is 38.4 Å². The first-order valence-corrected chi connectivity index (χ1v) is 7.98. The van der Waals surface area contributed by atoms with Gasteiger partial charge in [0.2, 0.25) is 0 Å². The van der Waals surface area contributed by atoms with E-state index < -0.39 is 0 Å². The minimum atomic E-state index is 0. The standard InChI is InChI=1S/C17H26ClNO.ClH/c1-17(2,3)14-4-5-16(15(18)12-14)20-11-8-13-6-9-19-10-7-13;/h4-5,12-13,19H,6-11H2,1-3H3;1H. The molecule has 1 saturated heterocycles. The molecule has 1 N–H and O–H groups in total. The van der Waals surface area contributed by atoms with Crippen molar-refractivity contribution in [1.82, 2.24) is 5.32 Å². The van der Waals surface area contributed by atoms with E-state index in [0.717, 1.165) is 42.8 Å². The number of halogens is 2. The van der Waals surface area contributed by atoms with Gasteiger partial charge in [-0.05, 0) is 61.4 Å². The zero-order chi connectivity index (χ0) is 14.6. The third-order valence-corrected chi connectivity index (χ3v) is 4.34. The van der Waals surface area contributed by atoms with Crippen molar-refractivity contribution in [3.63, 3.8) is 0 Å². The lowest BCUT2D eigenvalue weighted by Crippen LogP contribution is -2.28. The molecule has 0 saturated carbocycles. The molecule has 21 heavy (non-hydrogen) atoms. The summed E-state index contributed by atoms with van der Waals surface area (Å²) in [7, 11) is 0. The molecule has 1 aliphatic rings. The van der Waals surface area contributed by atoms with Crippen LogP contribution in [0, 0.1) is 5.92 Å². The van der Waals surface area contributed by atoms with Crippen molar-refractivity contribution in [3.8, 4) is 5.75 Å². The van der Waals surface area contributed by atoms with Gasteiger partial charge in [0.25, 0.3) is 0 Å². The maximum absolute atomic E-state index is 6.32. The van der Waals surface area contributed by atoms with Crippen LogP contribution < -0.4 is 10.1 Å². The molecule has 0 radical (unpaired) electrons. The lowest BCUT2D eigenvalue weighted by molar-refractivity contribution is 0.252. The van der Waals surface area contributed by atoms with Gasteiger partial charge in [0.05, 0.1) is 11.6 Å². The lowest BCUT2D eigenvalue weighted by atomic mass is 9.87. The fraction of sp³-hybridized carbons (Fsp3) is 0.647. The topological polar surface area (TPSA) is 21.3 Å². The number of rotatable bonds is 4. The molecule has 120 valence electrons. The Balaban J connectivity index is 0.00000220. The predicted octanol–water partition coefficient (Wildman–Crippen LogP) is 4.83. The van der Waals surface area contributed by atoms with E-state index in [1.165, 1.54) is 18.4 Å². The zero-order valence-corrected chi connectivity index (χ0v) is 14.8. The maximum Gasteiger partial charge on any atom is 0.137 e. The Bertz CT molecular complexity index is 437. The molecule has 0 spiro atoms. The minimum Gasteiger partial charge on any atom is -0.492 e. The summed E-state index contributed by atoms with van der Waals surface area (Å²) in [5.41, 5.74) is 1.37. The second-order valence-corrected chi connectivity index (χ2v) is 7.13. The molecule has 0 atom stereocenters. The van der Waals surface area contributed by atoms with E-state index in [9.17, 15) is 0 Å². The summed E-state index contributed by atoms with van der Waals surface area (Å²) in [6.45, 7) is 9.62. The van der Waals surface area contributed by atoms with Crippen LogP contribution in [0.15, 0.2) is 18.2 Å². The van der Waals surface area contributed by atoms with E-state index in [4.69, 9.17) is 16.3 Å². The van der Waals surface area contributed by atoms with Crippen LogP contribution in [0.3, 0.4) is 0 Å². The second kappa shape index (κ2) is 8.26. The van der Waals surface area contributed by atoms with Crippen molar-refractivity contribution in [2.75, 3.05) is 19.7 Å². The third kappa shape index (κ3) is 5.69. The Kier molecular flexibility index (Phi) is 7.32. The van der Waals surface area contributed by atoms with Crippen LogP contribution in [0.5, 0.6) is 5.75 Å². The van der Waals surface area contributed by atoms with E-state index >= 15 is 0 Å². The number of hydrogen-bond donors (Lipinski definition) is 1. The zero-order valence-electron chi connectivity index (χ0n) is 13.2. The molecule has 0 amide bonds. The highest BCUT2D eigenvalue weighted by Crippen LogP contribution is 2.31. The Hall–Kier alpha value is -0.440. The first-order valence-electron chi connectivity index (χ1n) is 7.60. The summed E-state index contributed by atoms with van der Waals surface area (Å²) in [6.07, 6.45) is 3.65. The van der Waals surface area contributed by atoms with Crippen LogP contribution in [-0.4, -0.2) is 19.7 Å². The van der Waals surface area contributed by atoms with E-state index in [0.29, 0.717) is 0 Å². The number of nitrogens with one attached hydrogen (secondary N) is 1. The molecule has 0 bridgehead atoms. The normalized spacial score (nSPS) is 16.4. The van der Waals surface area contributed by atoms with Crippen molar-refractivity contribution in [1.29, 1.82) is 0 Å². The molecule has 1 aromatic rings. The minimum absolute atomic E-state index is 0. The molecule has 0 aromatic heterocycles. The van der Waals surface area contributed by atoms with Crippen molar-refractivity contribution >= 4 is 24.0 Å². The van der Waals surface area contributed by atoms with Crippen molar-refractivity contribution < 1.29 is 4.74 Å². The van der Waals surface area contributed by atoms with Crippen LogP contribution >= 0.6 is 24.0 Å². The van der Waals surface area contributed by atoms with Crippen LogP contribution in [0.1, 0.15) is 45.6 Å². The van der Waals surface area contributed by atoms with Crippen LogP contribution in [-0.2, 0) is 5.41 Å². The summed E-state index contributed by atoms with van der Waals surface area (Å²) in [5.74, 6) is 1.61. The Morgan fingerprint density at radius 2 is 1.90 bits per heavy atom. The summed E-state index contributed by atoms with van der Waals surface area (Å²) >= 11 is 6.32. The first kappa shape index (κ1) is 18.6. The first-order chi connectivity index (χ1) is 9.47. The van der Waals surface area contributed by atoms with E-state index in [1.54, 1.807) is 0 Å². The summed E-state index contributed by atoms with van der Waals surface area (Å²) < 4.78 is 5.85. The van der Waals surface area contributed by atoms with Crippen molar-refractivity contribution in [2.45, 2.75) is 45.4 Å². The molecule has 1 aliphatic heterocycles. The van der Waals surface area contributed by atoms with Crippen LogP contribution in [0.4, 0.5) is 0 Å². The van der Waals surface area contributed by atoms with E-state index in [2.05, 4.69) is 32.2 Å². The SMILES string of the molecule is CC(C)(C)c1ccc(OCCC2CCNCC2)c(Cl)c1.Cl. The molecule has 1 heterocycles. The van der Waals surface area contributed by atoms with Crippen molar-refractivity contribution in [3.05, 3.63) is 28.8 Å². The van der Waals surface area contributed by atoms with Gasteiger partial charge in [-0.3, -0.25) is 0 Å². The smallest absolute Gasteiger partial charge is 0.137 e. The highest BCUT2D eigenvalue weighted by molar-refractivity contribution is 6.32. The Morgan fingerprint density at radius 3 is 2.48 bits per heavy atom. The average molecular weight is 332 g/mol. The summed E-state index contributed by atoms with van der Waals surface area (Å²) in [5, 5.41) is 4.12. The fourth-order valence-corrected chi connectivity index (χ4v) is 2.83. The molecule has 0 aliphatic carbocycles. The highest BCUT2D eigenvalue weighted by atomic mass is 35.5. The molecule has 4 heteroatoms. The monoisotopic (exact) mass is 331 g/mol. The van der Waals surface area contributed by atoms with E-state index in [1.807, 2.05) is 12.1 Å². The van der Waals surface area contributed by atoms with Gasteiger partial charge in [0.1, 0.15) is 5.75 Å². The molecular formula is C17H27Cl2NO. The largest absolute Gasteiger partial charge is 0.492 e. The fourth-order valence-electron chi connectivity index (χ4n) is 2.59. The highest BCUT2D eigenvalue weighted by Gasteiger charge is 2.16. The lowest BCUT2D eigenvalue weighted by Gasteiger charge is -2.23. The van der Waals surface area contributed by atoms with Crippen LogP contribution in [0.25, 0.3) is 0 Å². The van der Waals surface area contributed by atoms with Gasteiger partial charge in [-0.2, -0.15) is 0 Å². The summed E-state index contributed by atoms with van der Waals surface area (Å²) in [6, 6.07) is 6.15. The van der Waals surface area contributed by atoms with Gasteiger partial charge >= 0.3 is 0 Å². The van der Waals surface area contributed by atoms with Crippen molar-refractivity contribution in [2.24, 2.45) is 5.92 Å². The number of benzene rings is 1. The maximum atomic E-state index is 6.32. The molecular weight excluding hydrogens is 305 g/mol. The molecule has 1 aromatic carbocycles. The van der Waals surface area contributed by atoms with Gasteiger partial charge < -0.3 is 10.1 Å². The summed E-state index contributed by atoms with van der Waals surface area (Å²) in [4.78, 5) is 0. The number of ether oxygens (including phenoxy) is 1. The van der Waals surface area contributed by atoms with Gasteiger partial charge in [-0.25, -0.2) is 0 Å².